The molecule has 0 saturated carbocycles. The van der Waals surface area contributed by atoms with Crippen LogP contribution < -0.4 is 21.7 Å². The first-order valence-corrected chi connectivity index (χ1v) is 13.9. The van der Waals surface area contributed by atoms with Crippen molar-refractivity contribution in [2.45, 2.75) is 57.6 Å². The summed E-state index contributed by atoms with van der Waals surface area (Å²) >= 11 is 0. The van der Waals surface area contributed by atoms with Gasteiger partial charge in [-0.05, 0) is 80.5 Å². The van der Waals surface area contributed by atoms with Gasteiger partial charge >= 0.3 is 12.2 Å². The Labute approximate surface area is 240 Å². The number of hydrogen-bond acceptors (Lipinski definition) is 6. The zero-order chi connectivity index (χ0) is 29.4. The predicted molar refractivity (Wildman–Crippen MR) is 160 cm³/mol. The lowest BCUT2D eigenvalue weighted by molar-refractivity contribution is -0.118. The number of anilines is 2. The highest BCUT2D eigenvalue weighted by atomic mass is 16.6. The molecule has 0 radical (unpaired) electrons. The van der Waals surface area contributed by atoms with Crippen molar-refractivity contribution in [3.63, 3.8) is 0 Å². The molecule has 4 rings (SSSR count). The topological polar surface area (TPSA) is 132 Å². The molecule has 0 aromatic heterocycles. The number of unbranched alkanes of at least 4 members (excludes halogenated alkanes) is 1. The Morgan fingerprint density at radius 1 is 0.878 bits per heavy atom. The third-order valence-electron chi connectivity index (χ3n) is 6.69. The van der Waals surface area contributed by atoms with E-state index in [1.54, 1.807) is 45.0 Å². The first-order chi connectivity index (χ1) is 19.6. The number of alkyl carbamates (subject to hydrolysis) is 2. The van der Waals surface area contributed by atoms with Gasteiger partial charge in [-0.2, -0.15) is 0 Å². The van der Waals surface area contributed by atoms with Crippen LogP contribution in [0.25, 0.3) is 11.1 Å². The maximum Gasteiger partial charge on any atom is 0.407 e. The summed E-state index contributed by atoms with van der Waals surface area (Å²) in [6.45, 7) is 5.91. The third kappa shape index (κ3) is 8.23. The van der Waals surface area contributed by atoms with Crippen LogP contribution in [0.4, 0.5) is 21.0 Å². The van der Waals surface area contributed by atoms with Crippen molar-refractivity contribution >= 4 is 29.5 Å². The van der Waals surface area contributed by atoms with Gasteiger partial charge in [-0.1, -0.05) is 54.6 Å². The van der Waals surface area contributed by atoms with Crippen LogP contribution in [0.3, 0.4) is 0 Å². The first-order valence-electron chi connectivity index (χ1n) is 13.9. The minimum absolute atomic E-state index is 0.0911. The molecule has 3 aromatic carbocycles. The molecule has 1 atom stereocenters. The van der Waals surface area contributed by atoms with Crippen molar-refractivity contribution in [1.82, 2.24) is 10.6 Å². The van der Waals surface area contributed by atoms with Gasteiger partial charge in [-0.3, -0.25) is 4.79 Å². The van der Waals surface area contributed by atoms with E-state index in [2.05, 4.69) is 28.1 Å². The summed E-state index contributed by atoms with van der Waals surface area (Å²) < 4.78 is 10.9. The monoisotopic (exact) mass is 558 g/mol. The zero-order valence-electron chi connectivity index (χ0n) is 23.7. The summed E-state index contributed by atoms with van der Waals surface area (Å²) in [6, 6.07) is 22.2. The van der Waals surface area contributed by atoms with Gasteiger partial charge in [0.15, 0.2) is 0 Å². The highest BCUT2D eigenvalue weighted by molar-refractivity contribution is 5.96. The van der Waals surface area contributed by atoms with Gasteiger partial charge in [0.05, 0.1) is 0 Å². The Hall–Kier alpha value is -4.53. The lowest BCUT2D eigenvalue weighted by atomic mass is 9.98. The Morgan fingerprint density at radius 2 is 1.54 bits per heavy atom. The highest BCUT2D eigenvalue weighted by Gasteiger charge is 2.30. The molecular weight excluding hydrogens is 520 g/mol. The minimum Gasteiger partial charge on any atom is -0.449 e. The quantitative estimate of drug-likeness (QED) is 0.183. The van der Waals surface area contributed by atoms with Crippen molar-refractivity contribution in [3.05, 3.63) is 83.9 Å². The van der Waals surface area contributed by atoms with Gasteiger partial charge in [0.25, 0.3) is 0 Å². The van der Waals surface area contributed by atoms with Gasteiger partial charge < -0.3 is 31.2 Å². The number of hydrogen-bond donors (Lipinski definition) is 4. The fourth-order valence-electron chi connectivity index (χ4n) is 4.88. The summed E-state index contributed by atoms with van der Waals surface area (Å²) in [6.07, 6.45) is 0.327. The number of rotatable bonds is 10. The van der Waals surface area contributed by atoms with E-state index in [1.807, 2.05) is 36.4 Å². The number of amides is 3. The molecule has 3 amide bonds. The van der Waals surface area contributed by atoms with E-state index >= 15 is 0 Å². The van der Waals surface area contributed by atoms with E-state index in [-0.39, 0.29) is 18.4 Å². The number of carbonyl (C=O) groups is 3. The Kier molecular flexibility index (Phi) is 9.49. The summed E-state index contributed by atoms with van der Waals surface area (Å²) in [4.78, 5) is 38.0. The van der Waals surface area contributed by atoms with E-state index in [9.17, 15) is 14.4 Å². The summed E-state index contributed by atoms with van der Waals surface area (Å²) in [7, 11) is 0. The zero-order valence-corrected chi connectivity index (χ0v) is 23.7. The maximum absolute atomic E-state index is 13.2. The lowest BCUT2D eigenvalue weighted by Crippen LogP contribution is -2.44. The number of benzene rings is 3. The van der Waals surface area contributed by atoms with Gasteiger partial charge in [0.2, 0.25) is 5.91 Å². The Bertz CT molecular complexity index is 1340. The van der Waals surface area contributed by atoms with Crippen molar-refractivity contribution in [3.8, 4) is 11.1 Å². The highest BCUT2D eigenvalue weighted by Crippen LogP contribution is 2.44. The van der Waals surface area contributed by atoms with E-state index in [0.29, 0.717) is 37.2 Å². The number of carbonyl (C=O) groups excluding carboxylic acids is 3. The molecule has 5 N–H and O–H groups in total. The van der Waals surface area contributed by atoms with E-state index in [1.165, 1.54) is 0 Å². The molecule has 9 heteroatoms. The first kappa shape index (κ1) is 29.5. The van der Waals surface area contributed by atoms with Crippen LogP contribution in [-0.2, 0) is 14.3 Å². The van der Waals surface area contributed by atoms with Gasteiger partial charge in [-0.15, -0.1) is 0 Å². The number of nitrogens with one attached hydrogen (secondary N) is 3. The largest absolute Gasteiger partial charge is 0.449 e. The SMILES string of the molecule is CC(C)(C)OC(=O)NCCCC[C@@H](NC(=O)OCC1c2ccccc2-c2ccccc21)C(=O)Nc1cccc(N)c1. The van der Waals surface area contributed by atoms with Gasteiger partial charge in [-0.25, -0.2) is 9.59 Å². The lowest BCUT2D eigenvalue weighted by Gasteiger charge is -2.21. The third-order valence-corrected chi connectivity index (χ3v) is 6.69. The second-order valence-electron chi connectivity index (χ2n) is 11.1. The molecule has 41 heavy (non-hydrogen) atoms. The predicted octanol–water partition coefficient (Wildman–Crippen LogP) is 5.81. The summed E-state index contributed by atoms with van der Waals surface area (Å²) in [5.74, 6) is -0.476. The summed E-state index contributed by atoms with van der Waals surface area (Å²) in [5, 5.41) is 8.26. The Balaban J connectivity index is 1.35. The van der Waals surface area contributed by atoms with Crippen LogP contribution in [0.5, 0.6) is 0 Å². The van der Waals surface area contributed by atoms with Crippen molar-refractivity contribution in [1.29, 1.82) is 0 Å². The smallest absolute Gasteiger partial charge is 0.407 e. The fourth-order valence-corrected chi connectivity index (χ4v) is 4.88. The molecule has 216 valence electrons. The minimum atomic E-state index is -0.853. The van der Waals surface area contributed by atoms with E-state index < -0.39 is 23.8 Å². The second-order valence-corrected chi connectivity index (χ2v) is 11.1. The average molecular weight is 559 g/mol. The number of nitrogen functional groups attached to an aromatic ring is 1. The standard InChI is InChI=1S/C32H38N4O5/c1-32(2,3)41-30(38)34-18-9-8-17-28(29(37)35-22-12-10-11-21(33)19-22)36-31(39)40-20-27-25-15-6-4-13-23(25)24-14-5-7-16-26(24)27/h4-7,10-16,19,27-28H,8-9,17-18,20,33H2,1-3H3,(H,34,38)(H,35,37)(H,36,39)/t28-/m1/s1. The Morgan fingerprint density at radius 3 is 2.17 bits per heavy atom. The van der Waals surface area contributed by atoms with E-state index in [0.717, 1.165) is 22.3 Å². The van der Waals surface area contributed by atoms with Crippen molar-refractivity contribution in [2.24, 2.45) is 0 Å². The molecule has 0 saturated heterocycles. The van der Waals surface area contributed by atoms with Gasteiger partial charge in [0, 0.05) is 23.8 Å². The molecule has 0 fully saturated rings. The van der Waals surface area contributed by atoms with E-state index in [4.69, 9.17) is 15.2 Å². The van der Waals surface area contributed by atoms with Crippen molar-refractivity contribution < 1.29 is 23.9 Å². The molecule has 1 aliphatic carbocycles. The normalized spacial score (nSPS) is 13.0. The molecule has 1 aliphatic rings. The molecular formula is C32H38N4O5. The second kappa shape index (κ2) is 13.2. The molecule has 0 spiro atoms. The summed E-state index contributed by atoms with van der Waals surface area (Å²) in [5.41, 5.74) is 10.8. The van der Waals surface area contributed by atoms with Gasteiger partial charge in [0.1, 0.15) is 18.2 Å². The molecule has 0 heterocycles. The molecule has 9 nitrogen and oxygen atoms in total. The maximum atomic E-state index is 13.2. The average Bonchev–Trinajstić information content (AvgIpc) is 3.23. The van der Waals surface area contributed by atoms with Crippen LogP contribution in [0.15, 0.2) is 72.8 Å². The molecule has 0 unspecified atom stereocenters. The number of nitrogens with two attached hydrogens (primary N) is 1. The van der Waals surface area contributed by atoms with Crippen LogP contribution in [-0.4, -0.2) is 42.9 Å². The molecule has 3 aromatic rings. The fraction of sp³-hybridized carbons (Fsp3) is 0.344. The number of fused-ring (bicyclic) bond motifs is 3. The van der Waals surface area contributed by atoms with Crippen LogP contribution in [0.2, 0.25) is 0 Å². The molecule has 0 aliphatic heterocycles. The molecule has 0 bridgehead atoms. The van der Waals surface area contributed by atoms with Crippen LogP contribution in [0, 0.1) is 0 Å². The van der Waals surface area contributed by atoms with Crippen molar-refractivity contribution in [2.75, 3.05) is 24.2 Å². The van der Waals surface area contributed by atoms with Crippen LogP contribution in [0.1, 0.15) is 57.1 Å². The number of ether oxygens (including phenoxy) is 2. The van der Waals surface area contributed by atoms with Crippen LogP contribution >= 0.6 is 0 Å².